The van der Waals surface area contributed by atoms with Crippen molar-refractivity contribution < 1.29 is 14.6 Å². The van der Waals surface area contributed by atoms with E-state index in [0.29, 0.717) is 17.2 Å². The van der Waals surface area contributed by atoms with E-state index in [2.05, 4.69) is 24.1 Å². The Hall–Kier alpha value is -2.05. The Labute approximate surface area is 146 Å². The Morgan fingerprint density at radius 3 is 2.67 bits per heavy atom. The number of carbonyl (C=O) groups is 1. The standard InChI is InChI=1S/C18H24N2O3S/c1-4-20(5-2)11-10-19-18(22)17-9-8-16(24-17)13-6-7-14(21)15(12-13)23-3/h6-9,12,21H,4-5,10-11H2,1-3H3,(H,19,22). The second kappa shape index (κ2) is 8.70. The lowest BCUT2D eigenvalue weighted by atomic mass is 10.1. The van der Waals surface area contributed by atoms with Gasteiger partial charge in [0.05, 0.1) is 12.0 Å². The van der Waals surface area contributed by atoms with E-state index in [4.69, 9.17) is 4.74 Å². The van der Waals surface area contributed by atoms with Crippen molar-refractivity contribution in [1.82, 2.24) is 10.2 Å². The second-order valence-electron chi connectivity index (χ2n) is 5.33. The first-order valence-corrected chi connectivity index (χ1v) is 8.88. The Balaban J connectivity index is 2.01. The summed E-state index contributed by atoms with van der Waals surface area (Å²) in [4.78, 5) is 16.1. The lowest BCUT2D eigenvalue weighted by Gasteiger charge is -2.17. The molecule has 0 atom stereocenters. The third-order valence-corrected chi connectivity index (χ3v) is 5.04. The minimum absolute atomic E-state index is 0.0517. The van der Waals surface area contributed by atoms with Crippen molar-refractivity contribution in [3.8, 4) is 21.9 Å². The summed E-state index contributed by atoms with van der Waals surface area (Å²) in [5, 5.41) is 12.6. The molecular weight excluding hydrogens is 324 g/mol. The molecule has 5 nitrogen and oxygen atoms in total. The van der Waals surface area contributed by atoms with Gasteiger partial charge in [-0.25, -0.2) is 0 Å². The number of nitrogens with zero attached hydrogens (tertiary/aromatic N) is 1. The SMILES string of the molecule is CCN(CC)CCNC(=O)c1ccc(-c2ccc(O)c(OC)c2)s1. The van der Waals surface area contributed by atoms with E-state index in [1.165, 1.54) is 18.4 Å². The highest BCUT2D eigenvalue weighted by Gasteiger charge is 2.12. The van der Waals surface area contributed by atoms with Gasteiger partial charge in [-0.2, -0.15) is 0 Å². The molecule has 0 bridgehead atoms. The van der Waals surface area contributed by atoms with Crippen LogP contribution in [0.25, 0.3) is 10.4 Å². The molecule has 0 saturated heterocycles. The van der Waals surface area contributed by atoms with Gasteiger partial charge in [0.1, 0.15) is 0 Å². The summed E-state index contributed by atoms with van der Waals surface area (Å²) in [6.07, 6.45) is 0. The number of thiophene rings is 1. The third-order valence-electron chi connectivity index (χ3n) is 3.90. The fraction of sp³-hybridized carbons (Fsp3) is 0.389. The molecule has 0 aliphatic heterocycles. The zero-order chi connectivity index (χ0) is 17.5. The minimum Gasteiger partial charge on any atom is -0.504 e. The van der Waals surface area contributed by atoms with E-state index < -0.39 is 0 Å². The van der Waals surface area contributed by atoms with Gasteiger partial charge in [-0.1, -0.05) is 13.8 Å². The average Bonchev–Trinajstić information content (AvgIpc) is 3.09. The summed E-state index contributed by atoms with van der Waals surface area (Å²) in [7, 11) is 1.52. The minimum atomic E-state index is -0.0517. The van der Waals surface area contributed by atoms with Crippen molar-refractivity contribution in [2.45, 2.75) is 13.8 Å². The maximum absolute atomic E-state index is 12.2. The number of carbonyl (C=O) groups excluding carboxylic acids is 1. The number of ether oxygens (including phenoxy) is 1. The second-order valence-corrected chi connectivity index (χ2v) is 6.42. The van der Waals surface area contributed by atoms with Crippen molar-refractivity contribution in [2.75, 3.05) is 33.3 Å². The van der Waals surface area contributed by atoms with Crippen molar-refractivity contribution in [1.29, 1.82) is 0 Å². The molecule has 24 heavy (non-hydrogen) atoms. The van der Waals surface area contributed by atoms with Gasteiger partial charge in [-0.15, -0.1) is 11.3 Å². The number of phenols is 1. The van der Waals surface area contributed by atoms with Gasteiger partial charge in [0.25, 0.3) is 5.91 Å². The van der Waals surface area contributed by atoms with E-state index in [0.717, 1.165) is 30.1 Å². The highest BCUT2D eigenvalue weighted by molar-refractivity contribution is 7.17. The normalized spacial score (nSPS) is 10.8. The summed E-state index contributed by atoms with van der Waals surface area (Å²) < 4.78 is 5.13. The molecule has 0 saturated carbocycles. The Bertz CT molecular complexity index is 681. The van der Waals surface area contributed by atoms with Crippen LogP contribution in [0.3, 0.4) is 0 Å². The maximum Gasteiger partial charge on any atom is 0.261 e. The molecule has 0 aliphatic carbocycles. The fourth-order valence-electron chi connectivity index (χ4n) is 2.40. The molecule has 130 valence electrons. The quantitative estimate of drug-likeness (QED) is 0.769. The lowest BCUT2D eigenvalue weighted by molar-refractivity contribution is 0.0953. The molecular formula is C18H24N2O3S. The van der Waals surface area contributed by atoms with Crippen LogP contribution in [0.5, 0.6) is 11.5 Å². The average molecular weight is 348 g/mol. The number of aromatic hydroxyl groups is 1. The number of nitrogens with one attached hydrogen (secondary N) is 1. The van der Waals surface area contributed by atoms with Gasteiger partial charge in [-0.3, -0.25) is 4.79 Å². The van der Waals surface area contributed by atoms with Gasteiger partial charge in [-0.05, 0) is 49.0 Å². The Morgan fingerprint density at radius 2 is 2.00 bits per heavy atom. The van der Waals surface area contributed by atoms with E-state index in [1.54, 1.807) is 12.1 Å². The van der Waals surface area contributed by atoms with Crippen LogP contribution >= 0.6 is 11.3 Å². The van der Waals surface area contributed by atoms with Crippen molar-refractivity contribution in [2.24, 2.45) is 0 Å². The summed E-state index contributed by atoms with van der Waals surface area (Å²) in [5.74, 6) is 0.474. The molecule has 1 amide bonds. The van der Waals surface area contributed by atoms with Crippen LogP contribution < -0.4 is 10.1 Å². The Kier molecular flexibility index (Phi) is 6.63. The number of hydrogen-bond donors (Lipinski definition) is 2. The van der Waals surface area contributed by atoms with Gasteiger partial charge < -0.3 is 20.1 Å². The van der Waals surface area contributed by atoms with Crippen LogP contribution in [0.4, 0.5) is 0 Å². The third kappa shape index (κ3) is 4.49. The van der Waals surface area contributed by atoms with Crippen LogP contribution in [0.15, 0.2) is 30.3 Å². The van der Waals surface area contributed by atoms with E-state index >= 15 is 0 Å². The number of rotatable bonds is 8. The first kappa shape index (κ1) is 18.3. The fourth-order valence-corrected chi connectivity index (χ4v) is 3.32. The number of hydrogen-bond acceptors (Lipinski definition) is 5. The molecule has 2 rings (SSSR count). The predicted molar refractivity (Wildman–Crippen MR) is 98.1 cm³/mol. The van der Waals surface area contributed by atoms with Gasteiger partial charge in [0, 0.05) is 18.0 Å². The zero-order valence-corrected chi connectivity index (χ0v) is 15.2. The molecule has 2 N–H and O–H groups in total. The predicted octanol–water partition coefficient (Wildman–Crippen LogP) is 3.20. The van der Waals surface area contributed by atoms with Crippen molar-refractivity contribution >= 4 is 17.2 Å². The molecule has 6 heteroatoms. The Morgan fingerprint density at radius 1 is 1.25 bits per heavy atom. The first-order valence-electron chi connectivity index (χ1n) is 8.06. The lowest BCUT2D eigenvalue weighted by Crippen LogP contribution is -2.34. The van der Waals surface area contributed by atoms with Gasteiger partial charge >= 0.3 is 0 Å². The molecule has 1 aromatic heterocycles. The maximum atomic E-state index is 12.2. The molecule has 1 aromatic carbocycles. The van der Waals surface area contributed by atoms with E-state index in [1.807, 2.05) is 18.2 Å². The van der Waals surface area contributed by atoms with Crippen LogP contribution in [-0.4, -0.2) is 49.2 Å². The highest BCUT2D eigenvalue weighted by Crippen LogP contribution is 2.34. The van der Waals surface area contributed by atoms with E-state index in [9.17, 15) is 9.90 Å². The van der Waals surface area contributed by atoms with Crippen LogP contribution in [-0.2, 0) is 0 Å². The number of amides is 1. The first-order chi connectivity index (χ1) is 11.6. The zero-order valence-electron chi connectivity index (χ0n) is 14.3. The smallest absolute Gasteiger partial charge is 0.261 e. The van der Waals surface area contributed by atoms with Crippen LogP contribution in [0.2, 0.25) is 0 Å². The number of methoxy groups -OCH3 is 1. The molecule has 0 spiro atoms. The molecule has 0 aliphatic rings. The summed E-state index contributed by atoms with van der Waals surface area (Å²) in [6, 6.07) is 8.91. The molecule has 2 aromatic rings. The molecule has 0 unspecified atom stereocenters. The van der Waals surface area contributed by atoms with Crippen molar-refractivity contribution in [3.63, 3.8) is 0 Å². The molecule has 0 radical (unpaired) electrons. The summed E-state index contributed by atoms with van der Waals surface area (Å²) in [6.45, 7) is 7.69. The number of benzene rings is 1. The summed E-state index contributed by atoms with van der Waals surface area (Å²) >= 11 is 1.43. The van der Waals surface area contributed by atoms with Crippen LogP contribution in [0.1, 0.15) is 23.5 Å². The van der Waals surface area contributed by atoms with Gasteiger partial charge in [0.2, 0.25) is 0 Å². The summed E-state index contributed by atoms with van der Waals surface area (Å²) in [5.41, 5.74) is 0.914. The van der Waals surface area contributed by atoms with Gasteiger partial charge in [0.15, 0.2) is 11.5 Å². The van der Waals surface area contributed by atoms with E-state index in [-0.39, 0.29) is 11.7 Å². The number of phenolic OH excluding ortho intramolecular Hbond substituents is 1. The highest BCUT2D eigenvalue weighted by atomic mass is 32.1. The monoisotopic (exact) mass is 348 g/mol. The number of likely N-dealkylation sites (N-methyl/N-ethyl adjacent to an activating group) is 1. The topological polar surface area (TPSA) is 61.8 Å². The van der Waals surface area contributed by atoms with Crippen LogP contribution in [0, 0.1) is 0 Å². The molecule has 0 fully saturated rings. The largest absolute Gasteiger partial charge is 0.504 e. The van der Waals surface area contributed by atoms with Crippen molar-refractivity contribution in [3.05, 3.63) is 35.2 Å². The molecule has 1 heterocycles.